The van der Waals surface area contributed by atoms with Crippen molar-refractivity contribution in [3.05, 3.63) is 66.0 Å². The molecule has 0 aliphatic carbocycles. The van der Waals surface area contributed by atoms with Crippen molar-refractivity contribution in [1.82, 2.24) is 10.2 Å². The third-order valence-electron chi connectivity index (χ3n) is 4.43. The third-order valence-corrected chi connectivity index (χ3v) is 4.43. The van der Waals surface area contributed by atoms with Crippen LogP contribution in [-0.2, 0) is 19.1 Å². The number of rotatable bonds is 6. The fourth-order valence-corrected chi connectivity index (χ4v) is 2.90. The minimum atomic E-state index is -1.34. The normalized spacial score (nSPS) is 16.0. The number of anilines is 1. The molecular formula is C21H20FN3O5. The SMILES string of the molecule is CC1(C)NC(=O)N(CC(=O)O[C@H](C(=O)Nc2ccc(F)cc2)c2ccccc2)C1=O. The van der Waals surface area contributed by atoms with Crippen LogP contribution in [0.1, 0.15) is 25.5 Å². The lowest BCUT2D eigenvalue weighted by Crippen LogP contribution is -2.41. The summed E-state index contributed by atoms with van der Waals surface area (Å²) in [6, 6.07) is 12.6. The second-order valence-corrected chi connectivity index (χ2v) is 7.22. The maximum Gasteiger partial charge on any atom is 0.327 e. The van der Waals surface area contributed by atoms with E-state index in [-0.39, 0.29) is 0 Å². The van der Waals surface area contributed by atoms with Crippen LogP contribution < -0.4 is 10.6 Å². The van der Waals surface area contributed by atoms with Crippen molar-refractivity contribution in [2.24, 2.45) is 0 Å². The van der Waals surface area contributed by atoms with Crippen molar-refractivity contribution in [2.75, 3.05) is 11.9 Å². The number of urea groups is 1. The molecule has 1 saturated heterocycles. The standard InChI is InChI=1S/C21H20FN3O5/c1-21(2)19(28)25(20(29)24-21)12-16(26)30-17(13-6-4-3-5-7-13)18(27)23-15-10-8-14(22)9-11-15/h3-11,17H,12H2,1-2H3,(H,23,27)(H,24,29)/t17-/m0/s1. The topological polar surface area (TPSA) is 105 Å². The number of carbonyl (C=O) groups excluding carboxylic acids is 4. The highest BCUT2D eigenvalue weighted by Gasteiger charge is 2.45. The zero-order valence-corrected chi connectivity index (χ0v) is 16.3. The average molecular weight is 413 g/mol. The molecule has 9 heteroatoms. The molecule has 8 nitrogen and oxygen atoms in total. The van der Waals surface area contributed by atoms with Gasteiger partial charge in [0.15, 0.2) is 0 Å². The molecule has 0 unspecified atom stereocenters. The van der Waals surface area contributed by atoms with Gasteiger partial charge in [-0.2, -0.15) is 0 Å². The number of hydrogen-bond donors (Lipinski definition) is 2. The van der Waals surface area contributed by atoms with Crippen molar-refractivity contribution in [2.45, 2.75) is 25.5 Å². The molecule has 2 aromatic carbocycles. The molecule has 0 saturated carbocycles. The molecule has 4 amide bonds. The smallest absolute Gasteiger partial charge is 0.327 e. The Kier molecular flexibility index (Phi) is 5.81. The Bertz CT molecular complexity index is 976. The van der Waals surface area contributed by atoms with Gasteiger partial charge in [-0.05, 0) is 38.1 Å². The molecule has 30 heavy (non-hydrogen) atoms. The zero-order valence-electron chi connectivity index (χ0n) is 16.3. The lowest BCUT2D eigenvalue weighted by atomic mass is 10.1. The third kappa shape index (κ3) is 4.62. The van der Waals surface area contributed by atoms with E-state index >= 15 is 0 Å². The highest BCUT2D eigenvalue weighted by molar-refractivity contribution is 6.08. The highest BCUT2D eigenvalue weighted by Crippen LogP contribution is 2.22. The van der Waals surface area contributed by atoms with Gasteiger partial charge < -0.3 is 15.4 Å². The van der Waals surface area contributed by atoms with Crippen LogP contribution in [0.2, 0.25) is 0 Å². The predicted molar refractivity (Wildman–Crippen MR) is 105 cm³/mol. The van der Waals surface area contributed by atoms with Gasteiger partial charge in [0.1, 0.15) is 17.9 Å². The van der Waals surface area contributed by atoms with E-state index in [0.717, 1.165) is 4.90 Å². The fraction of sp³-hybridized carbons (Fsp3) is 0.238. The largest absolute Gasteiger partial charge is 0.446 e. The predicted octanol–water partition coefficient (Wildman–Crippen LogP) is 2.38. The second-order valence-electron chi connectivity index (χ2n) is 7.22. The maximum absolute atomic E-state index is 13.1. The van der Waals surface area contributed by atoms with E-state index in [9.17, 15) is 23.6 Å². The van der Waals surface area contributed by atoms with Gasteiger partial charge in [-0.3, -0.25) is 19.3 Å². The van der Waals surface area contributed by atoms with Gasteiger partial charge in [-0.15, -0.1) is 0 Å². The molecule has 0 aromatic heterocycles. The quantitative estimate of drug-likeness (QED) is 0.559. The Hall–Kier alpha value is -3.75. The summed E-state index contributed by atoms with van der Waals surface area (Å²) >= 11 is 0. The van der Waals surface area contributed by atoms with E-state index in [1.54, 1.807) is 30.3 Å². The van der Waals surface area contributed by atoms with Gasteiger partial charge in [-0.25, -0.2) is 9.18 Å². The number of benzene rings is 2. The summed E-state index contributed by atoms with van der Waals surface area (Å²) in [5, 5.41) is 5.02. The molecule has 3 rings (SSSR count). The molecule has 2 N–H and O–H groups in total. The van der Waals surface area contributed by atoms with Crippen LogP contribution in [0.5, 0.6) is 0 Å². The van der Waals surface area contributed by atoms with E-state index in [1.807, 2.05) is 0 Å². The molecule has 2 aromatic rings. The van der Waals surface area contributed by atoms with Gasteiger partial charge in [0.2, 0.25) is 6.10 Å². The Balaban J connectivity index is 1.75. The van der Waals surface area contributed by atoms with Gasteiger partial charge in [0.25, 0.3) is 11.8 Å². The van der Waals surface area contributed by atoms with Gasteiger partial charge in [0.05, 0.1) is 0 Å². The van der Waals surface area contributed by atoms with Crippen LogP contribution in [0.15, 0.2) is 54.6 Å². The number of hydrogen-bond acceptors (Lipinski definition) is 5. The van der Waals surface area contributed by atoms with Crippen molar-refractivity contribution in [3.63, 3.8) is 0 Å². The molecule has 0 spiro atoms. The Morgan fingerprint density at radius 1 is 1.10 bits per heavy atom. The first kappa shape index (κ1) is 21.0. The van der Waals surface area contributed by atoms with E-state index in [0.29, 0.717) is 11.3 Å². The van der Waals surface area contributed by atoms with Crippen LogP contribution in [0.4, 0.5) is 14.9 Å². The summed E-state index contributed by atoms with van der Waals surface area (Å²) in [7, 11) is 0. The van der Waals surface area contributed by atoms with Gasteiger partial charge in [-0.1, -0.05) is 30.3 Å². The average Bonchev–Trinajstić information content (AvgIpc) is 2.90. The first-order valence-electron chi connectivity index (χ1n) is 9.12. The van der Waals surface area contributed by atoms with E-state index < -0.39 is 47.8 Å². The van der Waals surface area contributed by atoms with Gasteiger partial charge in [0, 0.05) is 11.3 Å². The number of amides is 4. The van der Waals surface area contributed by atoms with E-state index in [4.69, 9.17) is 4.74 Å². The molecule has 1 aliphatic rings. The Morgan fingerprint density at radius 3 is 2.30 bits per heavy atom. The number of nitrogens with one attached hydrogen (secondary N) is 2. The molecule has 1 aliphatic heterocycles. The van der Waals surface area contributed by atoms with E-state index in [1.165, 1.54) is 38.1 Å². The molecule has 1 fully saturated rings. The van der Waals surface area contributed by atoms with Crippen molar-refractivity contribution < 1.29 is 28.3 Å². The minimum Gasteiger partial charge on any atom is -0.446 e. The van der Waals surface area contributed by atoms with Crippen LogP contribution >= 0.6 is 0 Å². The molecule has 0 bridgehead atoms. The number of esters is 1. The van der Waals surface area contributed by atoms with Crippen LogP contribution in [0.3, 0.4) is 0 Å². The fourth-order valence-electron chi connectivity index (χ4n) is 2.90. The molecule has 1 heterocycles. The Morgan fingerprint density at radius 2 is 1.73 bits per heavy atom. The first-order chi connectivity index (χ1) is 14.2. The van der Waals surface area contributed by atoms with E-state index in [2.05, 4.69) is 10.6 Å². The molecule has 156 valence electrons. The summed E-state index contributed by atoms with van der Waals surface area (Å²) < 4.78 is 18.4. The molecular weight excluding hydrogens is 393 g/mol. The number of halogens is 1. The number of nitrogens with zero attached hydrogens (tertiary/aromatic N) is 1. The lowest BCUT2D eigenvalue weighted by molar-refractivity contribution is -0.156. The lowest BCUT2D eigenvalue weighted by Gasteiger charge is -2.20. The van der Waals surface area contributed by atoms with Crippen molar-refractivity contribution in [3.8, 4) is 0 Å². The number of imide groups is 1. The monoisotopic (exact) mass is 413 g/mol. The summed E-state index contributed by atoms with van der Waals surface area (Å²) in [6.45, 7) is 2.39. The van der Waals surface area contributed by atoms with Gasteiger partial charge >= 0.3 is 12.0 Å². The number of ether oxygens (including phenoxy) is 1. The highest BCUT2D eigenvalue weighted by atomic mass is 19.1. The first-order valence-corrected chi connectivity index (χ1v) is 9.12. The van der Waals surface area contributed by atoms with Crippen LogP contribution in [0, 0.1) is 5.82 Å². The number of carbonyl (C=O) groups is 4. The van der Waals surface area contributed by atoms with Crippen LogP contribution in [-0.4, -0.2) is 40.8 Å². The Labute approximate surface area is 172 Å². The summed E-state index contributed by atoms with van der Waals surface area (Å²) in [6.07, 6.45) is -1.34. The minimum absolute atomic E-state index is 0.314. The summed E-state index contributed by atoms with van der Waals surface area (Å²) in [5.74, 6) is -2.63. The van der Waals surface area contributed by atoms with Crippen LogP contribution in [0.25, 0.3) is 0 Å². The zero-order chi connectivity index (χ0) is 21.9. The van der Waals surface area contributed by atoms with Crippen molar-refractivity contribution >= 4 is 29.5 Å². The maximum atomic E-state index is 13.1. The summed E-state index contributed by atoms with van der Waals surface area (Å²) in [5.41, 5.74) is -0.423. The molecule has 0 radical (unpaired) electrons. The molecule has 1 atom stereocenters. The summed E-state index contributed by atoms with van der Waals surface area (Å²) in [4.78, 5) is 50.2. The second kappa shape index (κ2) is 8.32. The van der Waals surface area contributed by atoms with Crippen molar-refractivity contribution in [1.29, 1.82) is 0 Å².